The summed E-state index contributed by atoms with van der Waals surface area (Å²) in [6.07, 6.45) is 0. The van der Waals surface area contributed by atoms with Crippen LogP contribution in [0.4, 0.5) is 0 Å². The number of hydrogen-bond donors (Lipinski definition) is 3. The van der Waals surface area contributed by atoms with Crippen molar-refractivity contribution >= 4 is 33.7 Å². The molecule has 0 fully saturated rings. The van der Waals surface area contributed by atoms with Crippen LogP contribution in [0.3, 0.4) is 0 Å². The van der Waals surface area contributed by atoms with E-state index in [1.807, 2.05) is 6.92 Å². The molecule has 0 spiro atoms. The molecule has 0 amide bonds. The Morgan fingerprint density at radius 2 is 1.41 bits per heavy atom. The molecule has 4 N–H and O–H groups in total. The molecule has 2 aromatic rings. The summed E-state index contributed by atoms with van der Waals surface area (Å²) < 4.78 is 0. The molecule has 3 nitrogen and oxygen atoms in total. The summed E-state index contributed by atoms with van der Waals surface area (Å²) in [5.74, 6) is 1.55. The van der Waals surface area contributed by atoms with Gasteiger partial charge in [-0.1, -0.05) is 48.2 Å². The summed E-state index contributed by atoms with van der Waals surface area (Å²) in [6.45, 7) is 1.82. The van der Waals surface area contributed by atoms with Crippen molar-refractivity contribution in [3.05, 3.63) is 47.5 Å². The molecule has 1 aliphatic carbocycles. The molecule has 1 aliphatic rings. The van der Waals surface area contributed by atoms with Crippen molar-refractivity contribution in [2.45, 2.75) is 18.4 Å². The van der Waals surface area contributed by atoms with Crippen molar-refractivity contribution in [1.82, 2.24) is 0 Å². The lowest BCUT2D eigenvalue weighted by Gasteiger charge is -2.29. The fourth-order valence-electron chi connectivity index (χ4n) is 2.76. The number of rotatable bonds is 4. The van der Waals surface area contributed by atoms with Crippen LogP contribution in [-0.4, -0.2) is 10.2 Å². The van der Waals surface area contributed by atoms with Gasteiger partial charge in [0.05, 0.1) is 5.04 Å². The third-order valence-corrected chi connectivity index (χ3v) is 5.32. The predicted octanol–water partition coefficient (Wildman–Crippen LogP) is 4.69. The van der Waals surface area contributed by atoms with Gasteiger partial charge in [0, 0.05) is 11.5 Å². The third kappa shape index (κ3) is 2.78. The molecular weight excluding hydrogens is 310 g/mol. The standard InChI is InChI=1S/C17H17N3S2/c1-10(18)21-8-11-4-2-6-13-14-7-3-5-12(9-22-17(19)20)16(14)15(11)13/h2-7,18H,8-9H2,1H3,(H3,19,20). The van der Waals surface area contributed by atoms with Crippen LogP contribution in [0.25, 0.3) is 22.3 Å². The van der Waals surface area contributed by atoms with Crippen LogP contribution < -0.4 is 5.73 Å². The normalized spacial score (nSPS) is 11.3. The summed E-state index contributed by atoms with van der Waals surface area (Å²) >= 11 is 2.93. The summed E-state index contributed by atoms with van der Waals surface area (Å²) in [6, 6.07) is 12.7. The van der Waals surface area contributed by atoms with Crippen LogP contribution in [0.5, 0.6) is 0 Å². The van der Waals surface area contributed by atoms with Gasteiger partial charge in [0.2, 0.25) is 0 Å². The van der Waals surface area contributed by atoms with Gasteiger partial charge < -0.3 is 5.73 Å². The Morgan fingerprint density at radius 1 is 0.909 bits per heavy atom. The fraction of sp³-hybridized carbons (Fsp3) is 0.176. The molecule has 0 heterocycles. The van der Waals surface area contributed by atoms with Crippen LogP contribution in [0.1, 0.15) is 18.1 Å². The second-order valence-electron chi connectivity index (χ2n) is 5.18. The quantitative estimate of drug-likeness (QED) is 0.481. The second-order valence-corrected chi connectivity index (χ2v) is 7.38. The van der Waals surface area contributed by atoms with Gasteiger partial charge in [0.1, 0.15) is 0 Å². The van der Waals surface area contributed by atoms with Crippen molar-refractivity contribution in [3.8, 4) is 22.3 Å². The average Bonchev–Trinajstić information content (AvgIpc) is 2.47. The number of nitrogens with two attached hydrogens (primary N) is 1. The highest BCUT2D eigenvalue weighted by Gasteiger charge is 2.27. The highest BCUT2D eigenvalue weighted by Crippen LogP contribution is 2.51. The van der Waals surface area contributed by atoms with E-state index in [0.717, 1.165) is 11.5 Å². The van der Waals surface area contributed by atoms with Crippen molar-refractivity contribution in [3.63, 3.8) is 0 Å². The maximum Gasteiger partial charge on any atom is 0.151 e. The summed E-state index contributed by atoms with van der Waals surface area (Å²) in [4.78, 5) is 0. The first-order chi connectivity index (χ1) is 10.6. The number of thioether (sulfide) groups is 2. The first-order valence-electron chi connectivity index (χ1n) is 6.97. The van der Waals surface area contributed by atoms with E-state index in [0.29, 0.717) is 5.04 Å². The molecule has 3 rings (SSSR count). The summed E-state index contributed by atoms with van der Waals surface area (Å²) in [7, 11) is 0. The van der Waals surface area contributed by atoms with E-state index in [9.17, 15) is 0 Å². The van der Waals surface area contributed by atoms with Crippen LogP contribution in [-0.2, 0) is 11.5 Å². The van der Waals surface area contributed by atoms with Crippen molar-refractivity contribution in [2.24, 2.45) is 5.73 Å². The lowest BCUT2D eigenvalue weighted by molar-refractivity contribution is 1.33. The fourth-order valence-corrected chi connectivity index (χ4v) is 3.92. The maximum absolute atomic E-state index is 7.61. The largest absolute Gasteiger partial charge is 0.379 e. The molecule has 0 unspecified atom stereocenters. The number of benzene rings is 2. The minimum absolute atomic E-state index is 0.153. The van der Waals surface area contributed by atoms with Gasteiger partial charge in [-0.05, 0) is 40.3 Å². The van der Waals surface area contributed by atoms with Crippen molar-refractivity contribution < 1.29 is 0 Å². The van der Waals surface area contributed by atoms with Crippen LogP contribution >= 0.6 is 23.5 Å². The molecular formula is C17H17N3S2. The Bertz CT molecular complexity index is 703. The molecule has 0 aliphatic heterocycles. The maximum atomic E-state index is 7.61. The van der Waals surface area contributed by atoms with Gasteiger partial charge >= 0.3 is 0 Å². The van der Waals surface area contributed by atoms with Gasteiger partial charge in [-0.2, -0.15) is 0 Å². The zero-order valence-corrected chi connectivity index (χ0v) is 13.9. The van der Waals surface area contributed by atoms with E-state index in [4.69, 9.17) is 16.6 Å². The van der Waals surface area contributed by atoms with Crippen molar-refractivity contribution in [2.75, 3.05) is 0 Å². The average molecular weight is 327 g/mol. The molecule has 0 saturated carbocycles. The molecule has 0 bridgehead atoms. The first kappa shape index (κ1) is 15.2. The lowest BCUT2D eigenvalue weighted by atomic mass is 9.76. The molecule has 112 valence electrons. The van der Waals surface area contributed by atoms with Gasteiger partial charge in [0.25, 0.3) is 0 Å². The molecule has 0 aromatic heterocycles. The summed E-state index contributed by atoms with van der Waals surface area (Å²) in [5.41, 5.74) is 13.2. The van der Waals surface area contributed by atoms with Crippen LogP contribution in [0.2, 0.25) is 0 Å². The van der Waals surface area contributed by atoms with E-state index >= 15 is 0 Å². The van der Waals surface area contributed by atoms with Crippen LogP contribution in [0, 0.1) is 10.8 Å². The van der Waals surface area contributed by atoms with Gasteiger partial charge in [-0.25, -0.2) is 0 Å². The van der Waals surface area contributed by atoms with Gasteiger partial charge in [0.15, 0.2) is 5.17 Å². The molecule has 0 saturated heterocycles. The molecule has 22 heavy (non-hydrogen) atoms. The predicted molar refractivity (Wildman–Crippen MR) is 98.8 cm³/mol. The van der Waals surface area contributed by atoms with E-state index in [1.165, 1.54) is 45.1 Å². The Balaban J connectivity index is 1.96. The zero-order chi connectivity index (χ0) is 15.7. The molecule has 0 atom stereocenters. The van der Waals surface area contributed by atoms with E-state index in [2.05, 4.69) is 36.4 Å². The Kier molecular flexibility index (Phi) is 4.27. The van der Waals surface area contributed by atoms with Gasteiger partial charge in [-0.15, -0.1) is 11.8 Å². The minimum Gasteiger partial charge on any atom is -0.379 e. The summed E-state index contributed by atoms with van der Waals surface area (Å²) in [5, 5.41) is 15.8. The Morgan fingerprint density at radius 3 is 1.86 bits per heavy atom. The minimum atomic E-state index is 0.153. The van der Waals surface area contributed by atoms with E-state index in [-0.39, 0.29) is 5.17 Å². The molecule has 2 aromatic carbocycles. The van der Waals surface area contributed by atoms with Crippen molar-refractivity contribution in [1.29, 1.82) is 10.8 Å². The highest BCUT2D eigenvalue weighted by molar-refractivity contribution is 8.13. The second kappa shape index (κ2) is 6.18. The lowest BCUT2D eigenvalue weighted by Crippen LogP contribution is -2.08. The third-order valence-electron chi connectivity index (χ3n) is 3.67. The number of hydrogen-bond acceptors (Lipinski definition) is 4. The van der Waals surface area contributed by atoms with Crippen LogP contribution in [0.15, 0.2) is 36.4 Å². The topological polar surface area (TPSA) is 73.7 Å². The first-order valence-corrected chi connectivity index (χ1v) is 8.94. The number of nitrogens with one attached hydrogen (secondary N) is 2. The van der Waals surface area contributed by atoms with E-state index in [1.54, 1.807) is 11.8 Å². The van der Waals surface area contributed by atoms with E-state index < -0.39 is 0 Å². The molecule has 0 radical (unpaired) electrons. The SMILES string of the molecule is CC(=N)SCc1cccc2c1-c1c(CSC(=N)N)cccc1-2. The molecule has 5 heteroatoms. The highest BCUT2D eigenvalue weighted by atomic mass is 32.2. The number of fused-ring (bicyclic) bond motifs is 4. The Hall–Kier alpha value is -1.72. The number of amidine groups is 1. The smallest absolute Gasteiger partial charge is 0.151 e. The monoisotopic (exact) mass is 327 g/mol. The Labute approximate surface area is 138 Å². The zero-order valence-electron chi connectivity index (χ0n) is 12.3. The van der Waals surface area contributed by atoms with Gasteiger partial charge in [-0.3, -0.25) is 10.8 Å².